The number of hydrogen-bond acceptors (Lipinski definition) is 6. The first-order valence-electron chi connectivity index (χ1n) is 7.35. The summed E-state index contributed by atoms with van der Waals surface area (Å²) in [7, 11) is 0. The van der Waals surface area contributed by atoms with E-state index in [9.17, 15) is 5.11 Å². The molecular formula is C14H24N4O2. The van der Waals surface area contributed by atoms with Gasteiger partial charge in [-0.1, -0.05) is 6.92 Å². The fourth-order valence-corrected chi connectivity index (χ4v) is 2.20. The summed E-state index contributed by atoms with van der Waals surface area (Å²) < 4.78 is 5.40. The average Bonchev–Trinajstić information content (AvgIpc) is 2.89. The number of hydrogen-bond donors (Lipinski definition) is 2. The highest BCUT2D eigenvalue weighted by Gasteiger charge is 2.22. The second kappa shape index (κ2) is 7.40. The van der Waals surface area contributed by atoms with Gasteiger partial charge in [0.2, 0.25) is 0 Å². The molecule has 0 saturated carbocycles. The molecule has 0 radical (unpaired) electrons. The van der Waals surface area contributed by atoms with Crippen molar-refractivity contribution in [3.8, 4) is 0 Å². The Kier molecular flexibility index (Phi) is 5.55. The molecule has 1 fully saturated rings. The Bertz CT molecular complexity index is 401. The van der Waals surface area contributed by atoms with E-state index in [2.05, 4.69) is 27.1 Å². The molecule has 112 valence electrons. The summed E-state index contributed by atoms with van der Waals surface area (Å²) in [5, 5.41) is 12.9. The maximum atomic E-state index is 9.66. The molecule has 1 atom stereocenters. The molecule has 1 aliphatic rings. The number of rotatable bonds is 7. The Morgan fingerprint density at radius 3 is 2.95 bits per heavy atom. The van der Waals surface area contributed by atoms with Crippen molar-refractivity contribution in [1.82, 2.24) is 9.97 Å². The van der Waals surface area contributed by atoms with Crippen LogP contribution in [0.25, 0.3) is 0 Å². The summed E-state index contributed by atoms with van der Waals surface area (Å²) >= 11 is 0. The van der Waals surface area contributed by atoms with Crippen LogP contribution >= 0.6 is 0 Å². The van der Waals surface area contributed by atoms with Crippen LogP contribution in [0.15, 0.2) is 6.07 Å². The number of nitrogens with one attached hydrogen (secondary N) is 1. The van der Waals surface area contributed by atoms with Crippen molar-refractivity contribution in [2.45, 2.75) is 39.4 Å². The number of anilines is 2. The smallest absolute Gasteiger partial charge is 0.158 e. The number of nitrogens with zero attached hydrogens (tertiary/aromatic N) is 3. The summed E-state index contributed by atoms with van der Waals surface area (Å²) in [4.78, 5) is 11.1. The van der Waals surface area contributed by atoms with Gasteiger partial charge in [-0.05, 0) is 19.8 Å². The van der Waals surface area contributed by atoms with Crippen molar-refractivity contribution in [2.75, 3.05) is 36.5 Å². The molecular weight excluding hydrogens is 256 g/mol. The maximum absolute atomic E-state index is 9.66. The van der Waals surface area contributed by atoms with Crippen LogP contribution < -0.4 is 10.2 Å². The average molecular weight is 280 g/mol. The summed E-state index contributed by atoms with van der Waals surface area (Å²) in [6, 6.07) is 1.95. The van der Waals surface area contributed by atoms with E-state index in [1.54, 1.807) is 0 Å². The summed E-state index contributed by atoms with van der Waals surface area (Å²) in [6.45, 7) is 7.49. The number of aromatic nitrogens is 2. The van der Waals surface area contributed by atoms with Crippen molar-refractivity contribution in [3.63, 3.8) is 0 Å². The van der Waals surface area contributed by atoms with Crippen LogP contribution in [0.2, 0.25) is 0 Å². The predicted octanol–water partition coefficient (Wildman–Crippen LogP) is 1.41. The van der Waals surface area contributed by atoms with E-state index in [4.69, 9.17) is 4.74 Å². The monoisotopic (exact) mass is 280 g/mol. The van der Waals surface area contributed by atoms with Crippen LogP contribution in [-0.4, -0.2) is 47.4 Å². The fourth-order valence-electron chi connectivity index (χ4n) is 2.20. The number of β-amino-alcohol motifs (C(OH)–C–C–N with tert-alkyl or cyclic N) is 1. The summed E-state index contributed by atoms with van der Waals surface area (Å²) in [6.07, 6.45) is 1.58. The molecule has 1 aromatic rings. The van der Waals surface area contributed by atoms with Crippen LogP contribution in [0, 0.1) is 0 Å². The van der Waals surface area contributed by atoms with Gasteiger partial charge in [0.05, 0.1) is 6.10 Å². The van der Waals surface area contributed by atoms with Gasteiger partial charge < -0.3 is 20.1 Å². The zero-order chi connectivity index (χ0) is 14.4. The molecule has 0 spiro atoms. The Hall–Kier alpha value is -1.40. The SMILES string of the molecule is CCCNc1cc(N2CCC(O)C2)nc(COCC)n1. The molecule has 0 amide bonds. The first-order chi connectivity index (χ1) is 9.72. The summed E-state index contributed by atoms with van der Waals surface area (Å²) in [5.41, 5.74) is 0. The van der Waals surface area contributed by atoms with Gasteiger partial charge >= 0.3 is 0 Å². The largest absolute Gasteiger partial charge is 0.391 e. The first-order valence-corrected chi connectivity index (χ1v) is 7.35. The molecule has 2 rings (SSSR count). The van der Waals surface area contributed by atoms with Crippen molar-refractivity contribution in [3.05, 3.63) is 11.9 Å². The Morgan fingerprint density at radius 1 is 1.45 bits per heavy atom. The molecule has 0 aromatic carbocycles. The minimum atomic E-state index is -0.257. The van der Waals surface area contributed by atoms with E-state index in [1.165, 1.54) is 0 Å². The minimum absolute atomic E-state index is 0.257. The fraction of sp³-hybridized carbons (Fsp3) is 0.714. The lowest BCUT2D eigenvalue weighted by molar-refractivity contribution is 0.128. The molecule has 1 saturated heterocycles. The van der Waals surface area contributed by atoms with E-state index >= 15 is 0 Å². The van der Waals surface area contributed by atoms with Gasteiger partial charge in [0.1, 0.15) is 18.2 Å². The van der Waals surface area contributed by atoms with E-state index in [0.717, 1.165) is 37.6 Å². The Labute approximate surface area is 120 Å². The lowest BCUT2D eigenvalue weighted by Gasteiger charge is -2.18. The molecule has 1 aromatic heterocycles. The molecule has 0 aliphatic carbocycles. The van der Waals surface area contributed by atoms with E-state index < -0.39 is 0 Å². The van der Waals surface area contributed by atoms with Crippen molar-refractivity contribution < 1.29 is 9.84 Å². The quantitative estimate of drug-likeness (QED) is 0.787. The topological polar surface area (TPSA) is 70.5 Å². The molecule has 2 heterocycles. The van der Waals surface area contributed by atoms with Crippen LogP contribution in [0.1, 0.15) is 32.5 Å². The van der Waals surface area contributed by atoms with E-state index in [1.807, 2.05) is 13.0 Å². The number of aliphatic hydroxyl groups excluding tert-OH is 1. The van der Waals surface area contributed by atoms with Gasteiger partial charge in [-0.3, -0.25) is 0 Å². The predicted molar refractivity (Wildman–Crippen MR) is 79.0 cm³/mol. The Morgan fingerprint density at radius 2 is 2.30 bits per heavy atom. The third-order valence-electron chi connectivity index (χ3n) is 3.24. The van der Waals surface area contributed by atoms with Gasteiger partial charge in [0, 0.05) is 32.3 Å². The molecule has 6 nitrogen and oxygen atoms in total. The second-order valence-corrected chi connectivity index (χ2v) is 4.98. The Balaban J connectivity index is 2.15. The highest BCUT2D eigenvalue weighted by atomic mass is 16.5. The highest BCUT2D eigenvalue weighted by Crippen LogP contribution is 2.21. The molecule has 0 bridgehead atoms. The lowest BCUT2D eigenvalue weighted by atomic mass is 10.3. The van der Waals surface area contributed by atoms with Gasteiger partial charge in [-0.15, -0.1) is 0 Å². The van der Waals surface area contributed by atoms with Gasteiger partial charge in [0.15, 0.2) is 5.82 Å². The number of ether oxygens (including phenoxy) is 1. The van der Waals surface area contributed by atoms with Crippen LogP contribution in [0.3, 0.4) is 0 Å². The number of aliphatic hydroxyl groups is 1. The van der Waals surface area contributed by atoms with Crippen LogP contribution in [-0.2, 0) is 11.3 Å². The third-order valence-corrected chi connectivity index (χ3v) is 3.24. The standard InChI is InChI=1S/C14H24N4O2/c1-3-6-15-12-8-14(18-7-5-11(19)9-18)17-13(16-12)10-20-4-2/h8,11,19H,3-7,9-10H2,1-2H3,(H,15,16,17). The van der Waals surface area contributed by atoms with E-state index in [0.29, 0.717) is 25.6 Å². The maximum Gasteiger partial charge on any atom is 0.158 e. The molecule has 6 heteroatoms. The zero-order valence-electron chi connectivity index (χ0n) is 12.3. The minimum Gasteiger partial charge on any atom is -0.391 e. The molecule has 2 N–H and O–H groups in total. The van der Waals surface area contributed by atoms with Crippen LogP contribution in [0.4, 0.5) is 11.6 Å². The van der Waals surface area contributed by atoms with Crippen molar-refractivity contribution in [1.29, 1.82) is 0 Å². The van der Waals surface area contributed by atoms with E-state index in [-0.39, 0.29) is 6.10 Å². The van der Waals surface area contributed by atoms with Crippen molar-refractivity contribution in [2.24, 2.45) is 0 Å². The normalized spacial score (nSPS) is 18.6. The first kappa shape index (κ1) is 15.0. The van der Waals surface area contributed by atoms with Crippen LogP contribution in [0.5, 0.6) is 0 Å². The van der Waals surface area contributed by atoms with Gasteiger partial charge in [-0.2, -0.15) is 0 Å². The zero-order valence-corrected chi connectivity index (χ0v) is 12.3. The van der Waals surface area contributed by atoms with Gasteiger partial charge in [-0.25, -0.2) is 9.97 Å². The lowest BCUT2D eigenvalue weighted by Crippen LogP contribution is -2.23. The van der Waals surface area contributed by atoms with Gasteiger partial charge in [0.25, 0.3) is 0 Å². The molecule has 20 heavy (non-hydrogen) atoms. The molecule has 1 unspecified atom stereocenters. The highest BCUT2D eigenvalue weighted by molar-refractivity contribution is 5.50. The van der Waals surface area contributed by atoms with Crippen molar-refractivity contribution >= 4 is 11.6 Å². The second-order valence-electron chi connectivity index (χ2n) is 4.98. The third kappa shape index (κ3) is 4.05. The molecule has 1 aliphatic heterocycles. The summed E-state index contributed by atoms with van der Waals surface area (Å²) in [5.74, 6) is 2.38.